The first-order chi connectivity index (χ1) is 11.3. The minimum absolute atomic E-state index is 0.0317. The molecule has 0 radical (unpaired) electrons. The van der Waals surface area contributed by atoms with Crippen molar-refractivity contribution in [3.63, 3.8) is 0 Å². The van der Waals surface area contributed by atoms with Crippen LogP contribution < -0.4 is 0 Å². The SMILES string of the molecule is C[C@@](Cc1nc(Cl)cc(Cl)n1)(C(=O)CC=O)c1c(F)cccc1F. The Labute approximate surface area is 146 Å². The van der Waals surface area contributed by atoms with Gasteiger partial charge in [0.2, 0.25) is 0 Å². The minimum atomic E-state index is -1.69. The number of aromatic nitrogens is 2. The first-order valence-corrected chi connectivity index (χ1v) is 7.64. The summed E-state index contributed by atoms with van der Waals surface area (Å²) in [6.45, 7) is 1.33. The molecule has 0 bridgehead atoms. The second-order valence-corrected chi connectivity index (χ2v) is 6.10. The van der Waals surface area contributed by atoms with Crippen LogP contribution in [0.15, 0.2) is 24.3 Å². The molecular formula is C16H12Cl2F2N2O2. The average Bonchev–Trinajstić information content (AvgIpc) is 2.46. The summed E-state index contributed by atoms with van der Waals surface area (Å²) in [5, 5.41) is 0.0633. The molecule has 0 N–H and O–H groups in total. The quantitative estimate of drug-likeness (QED) is 0.440. The molecule has 0 spiro atoms. The van der Waals surface area contributed by atoms with Gasteiger partial charge in [-0.2, -0.15) is 0 Å². The molecule has 0 amide bonds. The highest BCUT2D eigenvalue weighted by Crippen LogP contribution is 2.34. The number of aldehydes is 1. The maximum Gasteiger partial charge on any atom is 0.150 e. The highest BCUT2D eigenvalue weighted by Gasteiger charge is 2.40. The molecule has 8 heteroatoms. The van der Waals surface area contributed by atoms with Crippen molar-refractivity contribution in [3.05, 3.63) is 57.6 Å². The highest BCUT2D eigenvalue weighted by atomic mass is 35.5. The number of ketones is 1. The van der Waals surface area contributed by atoms with E-state index in [0.717, 1.165) is 12.1 Å². The predicted octanol–water partition coefficient (Wildman–Crippen LogP) is 3.72. The van der Waals surface area contributed by atoms with E-state index in [2.05, 4.69) is 9.97 Å². The Balaban J connectivity index is 2.59. The van der Waals surface area contributed by atoms with Crippen LogP contribution in [0.3, 0.4) is 0 Å². The number of carbonyl (C=O) groups is 2. The van der Waals surface area contributed by atoms with Crippen molar-refractivity contribution in [1.29, 1.82) is 0 Å². The first-order valence-electron chi connectivity index (χ1n) is 6.88. The van der Waals surface area contributed by atoms with Gasteiger partial charge in [0.25, 0.3) is 0 Å². The number of nitrogens with zero attached hydrogens (tertiary/aromatic N) is 2. The maximum absolute atomic E-state index is 14.2. The van der Waals surface area contributed by atoms with Crippen molar-refractivity contribution in [2.45, 2.75) is 25.2 Å². The van der Waals surface area contributed by atoms with Gasteiger partial charge in [0.1, 0.15) is 34.1 Å². The van der Waals surface area contributed by atoms with Crippen LogP contribution in [0, 0.1) is 11.6 Å². The van der Waals surface area contributed by atoms with E-state index in [-0.39, 0.29) is 22.6 Å². The van der Waals surface area contributed by atoms with E-state index >= 15 is 0 Å². The molecule has 0 aliphatic carbocycles. The molecule has 1 aromatic heterocycles. The topological polar surface area (TPSA) is 59.9 Å². The normalized spacial score (nSPS) is 13.4. The van der Waals surface area contributed by atoms with Gasteiger partial charge in [0, 0.05) is 18.1 Å². The second kappa shape index (κ2) is 7.32. The lowest BCUT2D eigenvalue weighted by atomic mass is 9.74. The van der Waals surface area contributed by atoms with Gasteiger partial charge < -0.3 is 4.79 Å². The molecule has 1 heterocycles. The number of hydrogen-bond acceptors (Lipinski definition) is 4. The van der Waals surface area contributed by atoms with Gasteiger partial charge in [-0.3, -0.25) is 4.79 Å². The summed E-state index contributed by atoms with van der Waals surface area (Å²) in [7, 11) is 0. The van der Waals surface area contributed by atoms with E-state index in [1.54, 1.807) is 0 Å². The maximum atomic E-state index is 14.2. The van der Waals surface area contributed by atoms with Crippen molar-refractivity contribution in [1.82, 2.24) is 9.97 Å². The lowest BCUT2D eigenvalue weighted by Crippen LogP contribution is -2.38. The first kappa shape index (κ1) is 18.4. The van der Waals surface area contributed by atoms with Crippen molar-refractivity contribution in [2.24, 2.45) is 0 Å². The Morgan fingerprint density at radius 2 is 1.75 bits per heavy atom. The summed E-state index contributed by atoms with van der Waals surface area (Å²) in [6.07, 6.45) is -0.387. The van der Waals surface area contributed by atoms with Gasteiger partial charge in [-0.25, -0.2) is 18.7 Å². The summed E-state index contributed by atoms with van der Waals surface area (Å²) >= 11 is 11.6. The van der Waals surface area contributed by atoms with Crippen LogP contribution in [-0.4, -0.2) is 22.0 Å². The van der Waals surface area contributed by atoms with Crippen LogP contribution in [0.25, 0.3) is 0 Å². The molecule has 0 aliphatic heterocycles. The zero-order valence-electron chi connectivity index (χ0n) is 12.5. The highest BCUT2D eigenvalue weighted by molar-refractivity contribution is 6.33. The lowest BCUT2D eigenvalue weighted by Gasteiger charge is -2.28. The van der Waals surface area contributed by atoms with Gasteiger partial charge in [-0.15, -0.1) is 0 Å². The Morgan fingerprint density at radius 3 is 2.25 bits per heavy atom. The van der Waals surface area contributed by atoms with Crippen molar-refractivity contribution in [3.8, 4) is 0 Å². The number of carbonyl (C=O) groups excluding carboxylic acids is 2. The Morgan fingerprint density at radius 1 is 1.21 bits per heavy atom. The standard InChI is InChI=1S/C16H12Cl2F2N2O2/c1-16(11(24)5-6-23,15-9(19)3-2-4-10(15)20)8-14-21-12(17)7-13(18)22-14/h2-4,6-7H,5,8H2,1H3/t16-/m1/s1. The third-order valence-corrected chi connectivity index (χ3v) is 4.01. The van der Waals surface area contributed by atoms with E-state index in [4.69, 9.17) is 23.2 Å². The largest absolute Gasteiger partial charge is 0.303 e. The number of halogens is 4. The van der Waals surface area contributed by atoms with Crippen molar-refractivity contribution < 1.29 is 18.4 Å². The molecule has 4 nitrogen and oxygen atoms in total. The third kappa shape index (κ3) is 3.76. The van der Waals surface area contributed by atoms with Crippen LogP contribution >= 0.6 is 23.2 Å². The van der Waals surface area contributed by atoms with E-state index in [1.807, 2.05) is 0 Å². The number of Topliss-reactive ketones (excluding diaryl/α,β-unsaturated/α-hetero) is 1. The number of rotatable bonds is 6. The molecular weight excluding hydrogens is 361 g/mol. The van der Waals surface area contributed by atoms with E-state index in [0.29, 0.717) is 6.29 Å². The van der Waals surface area contributed by atoms with Gasteiger partial charge in [0.05, 0.1) is 11.8 Å². The van der Waals surface area contributed by atoms with Crippen LogP contribution in [0.2, 0.25) is 10.3 Å². The summed E-state index contributed by atoms with van der Waals surface area (Å²) in [4.78, 5) is 31.1. The fourth-order valence-electron chi connectivity index (χ4n) is 2.48. The number of hydrogen-bond donors (Lipinski definition) is 0. The molecule has 0 fully saturated rings. The second-order valence-electron chi connectivity index (χ2n) is 5.33. The van der Waals surface area contributed by atoms with Crippen LogP contribution in [0.1, 0.15) is 24.7 Å². The average molecular weight is 373 g/mol. The van der Waals surface area contributed by atoms with E-state index < -0.39 is 34.8 Å². The van der Waals surface area contributed by atoms with E-state index in [1.165, 1.54) is 19.1 Å². The van der Waals surface area contributed by atoms with Gasteiger partial charge in [-0.1, -0.05) is 29.3 Å². The monoisotopic (exact) mass is 372 g/mol. The lowest BCUT2D eigenvalue weighted by molar-refractivity contribution is -0.126. The Hall–Kier alpha value is -1.92. The van der Waals surface area contributed by atoms with Crippen molar-refractivity contribution >= 4 is 35.3 Å². The van der Waals surface area contributed by atoms with Gasteiger partial charge >= 0.3 is 0 Å². The fraction of sp³-hybridized carbons (Fsp3) is 0.250. The summed E-state index contributed by atoms with van der Waals surface area (Å²) < 4.78 is 28.5. The molecule has 1 atom stereocenters. The molecule has 0 saturated carbocycles. The minimum Gasteiger partial charge on any atom is -0.303 e. The fourth-order valence-corrected chi connectivity index (χ4v) is 2.94. The van der Waals surface area contributed by atoms with Crippen molar-refractivity contribution in [2.75, 3.05) is 0 Å². The number of benzene rings is 1. The van der Waals surface area contributed by atoms with Crippen LogP contribution in [-0.2, 0) is 21.4 Å². The molecule has 2 rings (SSSR count). The molecule has 24 heavy (non-hydrogen) atoms. The van der Waals surface area contributed by atoms with E-state index in [9.17, 15) is 18.4 Å². The zero-order chi connectivity index (χ0) is 17.9. The summed E-state index contributed by atoms with van der Waals surface area (Å²) in [5.74, 6) is -2.42. The Bertz CT molecular complexity index is 761. The van der Waals surface area contributed by atoms with Crippen LogP contribution in [0.5, 0.6) is 0 Å². The summed E-state index contributed by atoms with van der Waals surface area (Å²) in [5.41, 5.74) is -2.14. The molecule has 1 aromatic carbocycles. The smallest absolute Gasteiger partial charge is 0.150 e. The van der Waals surface area contributed by atoms with Crippen LogP contribution in [0.4, 0.5) is 8.78 Å². The molecule has 0 unspecified atom stereocenters. The third-order valence-electron chi connectivity index (χ3n) is 3.62. The molecule has 0 aliphatic rings. The predicted molar refractivity (Wildman–Crippen MR) is 85.2 cm³/mol. The van der Waals surface area contributed by atoms with Gasteiger partial charge in [-0.05, 0) is 19.1 Å². The molecule has 126 valence electrons. The zero-order valence-corrected chi connectivity index (χ0v) is 14.0. The van der Waals surface area contributed by atoms with Gasteiger partial charge in [0.15, 0.2) is 5.78 Å². The summed E-state index contributed by atoms with van der Waals surface area (Å²) in [6, 6.07) is 4.56. The molecule has 0 saturated heterocycles. The molecule has 2 aromatic rings. The Kier molecular flexibility index (Phi) is 5.62.